The number of benzene rings is 1. The van der Waals surface area contributed by atoms with Crippen molar-refractivity contribution in [3.05, 3.63) is 58.6 Å². The third kappa shape index (κ3) is 5.94. The van der Waals surface area contributed by atoms with Crippen LogP contribution in [0.3, 0.4) is 0 Å². The van der Waals surface area contributed by atoms with Crippen molar-refractivity contribution in [1.29, 1.82) is 0 Å². The lowest BCUT2D eigenvalue weighted by molar-refractivity contribution is 0.00990. The summed E-state index contributed by atoms with van der Waals surface area (Å²) in [7, 11) is 0. The van der Waals surface area contributed by atoms with Crippen LogP contribution >= 0.6 is 23.4 Å². The second kappa shape index (κ2) is 10.1. The second-order valence-corrected chi connectivity index (χ2v) is 10.8. The van der Waals surface area contributed by atoms with Crippen LogP contribution in [0.4, 0.5) is 14.9 Å². The number of hydrogen-bond donors (Lipinski definition) is 2. The Morgan fingerprint density at radius 2 is 2.06 bits per heavy atom. The summed E-state index contributed by atoms with van der Waals surface area (Å²) in [4.78, 5) is 33.9. The first-order valence-corrected chi connectivity index (χ1v) is 12.5. The maximum atomic E-state index is 14.7. The van der Waals surface area contributed by atoms with E-state index in [1.165, 1.54) is 36.2 Å². The number of amidine groups is 1. The van der Waals surface area contributed by atoms with Crippen molar-refractivity contribution in [2.75, 3.05) is 24.3 Å². The van der Waals surface area contributed by atoms with E-state index in [4.69, 9.17) is 26.1 Å². The second-order valence-electron chi connectivity index (χ2n) is 9.31. The summed E-state index contributed by atoms with van der Waals surface area (Å²) in [6.45, 7) is 6.28. The number of nitrogens with one attached hydrogen (secondary N) is 2. The minimum atomic E-state index is -0.750. The van der Waals surface area contributed by atoms with E-state index in [1.54, 1.807) is 32.9 Å². The molecule has 35 heavy (non-hydrogen) atoms. The van der Waals surface area contributed by atoms with Gasteiger partial charge in [0.2, 0.25) is 0 Å². The maximum Gasteiger partial charge on any atom is 0.413 e. The lowest BCUT2D eigenvalue weighted by Gasteiger charge is -2.44. The van der Waals surface area contributed by atoms with Gasteiger partial charge in [-0.25, -0.2) is 14.2 Å². The number of carbonyl (C=O) groups excluding carboxylic acids is 2. The molecule has 1 aromatic carbocycles. The molecule has 1 fully saturated rings. The Morgan fingerprint density at radius 1 is 1.26 bits per heavy atom. The first-order valence-electron chi connectivity index (χ1n) is 11.1. The molecule has 0 bridgehead atoms. The number of alkyl carbamates (subject to hydrolysis) is 1. The molecule has 4 rings (SSSR count). The highest BCUT2D eigenvalue weighted by molar-refractivity contribution is 8.13. The van der Waals surface area contributed by atoms with Crippen LogP contribution in [-0.4, -0.2) is 46.7 Å². The van der Waals surface area contributed by atoms with Crippen molar-refractivity contribution in [1.82, 2.24) is 10.3 Å². The van der Waals surface area contributed by atoms with Crippen molar-refractivity contribution in [3.8, 4) is 0 Å². The fourth-order valence-electron chi connectivity index (χ4n) is 4.01. The summed E-state index contributed by atoms with van der Waals surface area (Å²) in [5.74, 6) is -0.508. The summed E-state index contributed by atoms with van der Waals surface area (Å²) in [6.07, 6.45) is 1.30. The molecule has 1 unspecified atom stereocenters. The predicted octanol–water partition coefficient (Wildman–Crippen LogP) is 4.99. The van der Waals surface area contributed by atoms with Gasteiger partial charge in [0.15, 0.2) is 5.17 Å². The first-order chi connectivity index (χ1) is 16.6. The van der Waals surface area contributed by atoms with Gasteiger partial charge in [-0.05, 0) is 50.6 Å². The highest BCUT2D eigenvalue weighted by Crippen LogP contribution is 2.46. The fraction of sp³-hybridized carbons (Fsp3) is 0.417. The van der Waals surface area contributed by atoms with Crippen molar-refractivity contribution >= 4 is 46.2 Å². The van der Waals surface area contributed by atoms with E-state index < -0.39 is 29.0 Å². The normalized spacial score (nSPS) is 22.0. The summed E-state index contributed by atoms with van der Waals surface area (Å²) < 4.78 is 25.8. The smallest absolute Gasteiger partial charge is 0.413 e. The zero-order chi connectivity index (χ0) is 25.2. The molecule has 2 atom stereocenters. The molecule has 0 aliphatic carbocycles. The number of thioether (sulfide) groups is 1. The van der Waals surface area contributed by atoms with Crippen LogP contribution in [0.5, 0.6) is 0 Å². The third-order valence-corrected chi connectivity index (χ3v) is 6.89. The maximum absolute atomic E-state index is 14.7. The number of hydrogen-bond acceptors (Lipinski definition) is 7. The van der Waals surface area contributed by atoms with Gasteiger partial charge in [-0.2, -0.15) is 0 Å². The standard InChI is InChI=1S/C24H26ClFN4O4S/c1-23(2,3)34-22(32)29-21-30-24(8-9-33-12-15(24)13-35-21)14-4-6-17(26)19(10-14)28-20(31)18-7-5-16(25)11-27-18/h4-7,10-11,15H,8-9,12-13H2,1-3H3,(H,28,31)(H,29,30,32)/t15?,24-/m1/s1. The average molecular weight is 521 g/mol. The molecule has 3 heterocycles. The summed E-state index contributed by atoms with van der Waals surface area (Å²) in [6, 6.07) is 7.56. The molecule has 8 nitrogen and oxygen atoms in total. The molecule has 2 N–H and O–H groups in total. The molecular weight excluding hydrogens is 495 g/mol. The van der Waals surface area contributed by atoms with Crippen LogP contribution in [0.25, 0.3) is 0 Å². The monoisotopic (exact) mass is 520 g/mol. The first kappa shape index (κ1) is 25.4. The van der Waals surface area contributed by atoms with Crippen LogP contribution in [0.2, 0.25) is 5.02 Å². The lowest BCUT2D eigenvalue weighted by atomic mass is 9.75. The van der Waals surface area contributed by atoms with Gasteiger partial charge in [-0.15, -0.1) is 0 Å². The van der Waals surface area contributed by atoms with Gasteiger partial charge < -0.3 is 14.8 Å². The van der Waals surface area contributed by atoms with E-state index >= 15 is 0 Å². The van der Waals surface area contributed by atoms with Crippen LogP contribution in [0, 0.1) is 11.7 Å². The largest absolute Gasteiger partial charge is 0.444 e. The van der Waals surface area contributed by atoms with Gasteiger partial charge in [0, 0.05) is 30.9 Å². The Hall–Kier alpha value is -2.69. The van der Waals surface area contributed by atoms with Crippen molar-refractivity contribution in [2.45, 2.75) is 38.3 Å². The molecule has 1 aromatic heterocycles. The Balaban J connectivity index is 1.64. The van der Waals surface area contributed by atoms with E-state index in [2.05, 4.69) is 15.6 Å². The molecule has 186 valence electrons. The minimum absolute atomic E-state index is 0.00242. The molecule has 2 aromatic rings. The van der Waals surface area contributed by atoms with E-state index in [0.717, 1.165) is 5.56 Å². The highest BCUT2D eigenvalue weighted by atomic mass is 35.5. The molecule has 0 saturated carbocycles. The number of pyridine rings is 1. The van der Waals surface area contributed by atoms with E-state index in [9.17, 15) is 14.0 Å². The number of fused-ring (bicyclic) bond motifs is 1. The topological polar surface area (TPSA) is 102 Å². The van der Waals surface area contributed by atoms with Crippen molar-refractivity contribution in [3.63, 3.8) is 0 Å². The number of ether oxygens (including phenoxy) is 2. The molecule has 0 radical (unpaired) electrons. The Kier molecular flexibility index (Phi) is 7.35. The third-order valence-electron chi connectivity index (χ3n) is 5.63. The molecule has 2 amide bonds. The van der Waals surface area contributed by atoms with Gasteiger partial charge in [0.25, 0.3) is 5.91 Å². The summed E-state index contributed by atoms with van der Waals surface area (Å²) in [5.41, 5.74) is -0.558. The molecular formula is C24H26ClFN4O4S. The Labute approximate surface area is 212 Å². The zero-order valence-corrected chi connectivity index (χ0v) is 21.1. The van der Waals surface area contributed by atoms with Gasteiger partial charge in [-0.1, -0.05) is 29.4 Å². The van der Waals surface area contributed by atoms with E-state index in [-0.39, 0.29) is 17.3 Å². The minimum Gasteiger partial charge on any atom is -0.444 e. The molecule has 11 heteroatoms. The Bertz CT molecular complexity index is 1160. The zero-order valence-electron chi connectivity index (χ0n) is 19.6. The number of carbonyl (C=O) groups is 2. The number of halogens is 2. The number of nitrogens with zero attached hydrogens (tertiary/aromatic N) is 2. The van der Waals surface area contributed by atoms with E-state index in [0.29, 0.717) is 35.6 Å². The molecule has 0 spiro atoms. The average Bonchev–Trinajstić information content (AvgIpc) is 2.79. The molecule has 1 saturated heterocycles. The Morgan fingerprint density at radius 3 is 2.77 bits per heavy atom. The fourth-order valence-corrected chi connectivity index (χ4v) is 5.23. The van der Waals surface area contributed by atoms with Crippen LogP contribution in [0.1, 0.15) is 43.2 Å². The van der Waals surface area contributed by atoms with Crippen LogP contribution in [0.15, 0.2) is 41.5 Å². The van der Waals surface area contributed by atoms with Gasteiger partial charge in [-0.3, -0.25) is 15.1 Å². The molecule has 2 aliphatic rings. The van der Waals surface area contributed by atoms with Gasteiger partial charge in [0.05, 0.1) is 22.9 Å². The van der Waals surface area contributed by atoms with Crippen LogP contribution in [-0.2, 0) is 15.0 Å². The van der Waals surface area contributed by atoms with Gasteiger partial charge in [0.1, 0.15) is 17.1 Å². The molecule has 2 aliphatic heterocycles. The predicted molar refractivity (Wildman–Crippen MR) is 133 cm³/mol. The highest BCUT2D eigenvalue weighted by Gasteiger charge is 2.46. The van der Waals surface area contributed by atoms with Crippen LogP contribution < -0.4 is 10.6 Å². The number of aromatic nitrogens is 1. The summed E-state index contributed by atoms with van der Waals surface area (Å²) in [5, 5.41) is 6.15. The quantitative estimate of drug-likeness (QED) is 0.591. The number of anilines is 1. The lowest BCUT2D eigenvalue weighted by Crippen LogP contribution is -2.48. The SMILES string of the molecule is CC(C)(C)OC(=O)NC1=N[C@@]2(c3ccc(F)c(NC(=O)c4ccc(Cl)cn4)c3)CCOCC2CS1. The van der Waals surface area contributed by atoms with E-state index in [1.807, 2.05) is 0 Å². The van der Waals surface area contributed by atoms with Gasteiger partial charge >= 0.3 is 6.09 Å². The number of amides is 2. The summed E-state index contributed by atoms with van der Waals surface area (Å²) >= 11 is 7.24. The van der Waals surface area contributed by atoms with Crippen molar-refractivity contribution in [2.24, 2.45) is 10.9 Å². The number of rotatable bonds is 3. The van der Waals surface area contributed by atoms with Crippen molar-refractivity contribution < 1.29 is 23.5 Å². The number of aliphatic imine (C=N–C) groups is 1.